The van der Waals surface area contributed by atoms with Gasteiger partial charge in [0.25, 0.3) is 0 Å². The molecule has 86 valence electrons. The van der Waals surface area contributed by atoms with Crippen LogP contribution in [0.2, 0.25) is 0 Å². The Kier molecular flexibility index (Phi) is 2.60. The highest BCUT2D eigenvalue weighted by Gasteiger charge is 2.22. The van der Waals surface area contributed by atoms with Gasteiger partial charge in [0.15, 0.2) is 0 Å². The van der Waals surface area contributed by atoms with Crippen molar-refractivity contribution in [2.24, 2.45) is 0 Å². The molecule has 2 nitrogen and oxygen atoms in total. The van der Waals surface area contributed by atoms with E-state index in [-0.39, 0.29) is 0 Å². The molecule has 1 fully saturated rings. The molecular formula is C14H19NO. The van der Waals surface area contributed by atoms with Crippen LogP contribution in [0.1, 0.15) is 42.0 Å². The number of hydrogen-bond donors (Lipinski definition) is 1. The molecule has 0 saturated carbocycles. The molecule has 1 atom stereocenters. The van der Waals surface area contributed by atoms with Crippen molar-refractivity contribution < 1.29 is 4.74 Å². The fourth-order valence-corrected chi connectivity index (χ4v) is 3.02. The molecule has 1 aliphatic carbocycles. The molecular weight excluding hydrogens is 198 g/mol. The number of nitrogens with one attached hydrogen (secondary N) is 1. The number of methoxy groups -OCH3 is 1. The number of ether oxygens (including phenoxy) is 1. The van der Waals surface area contributed by atoms with Crippen molar-refractivity contribution >= 4 is 0 Å². The molecule has 0 spiro atoms. The minimum absolute atomic E-state index is 0.515. The molecule has 0 aromatic heterocycles. The standard InChI is InChI=1S/C14H19NO/c1-16-14-9-11-5-2-4-10(11)8-12(14)13-6-3-7-15-13/h8-9,13,15H,2-7H2,1H3/t13-/m1/s1. The van der Waals surface area contributed by atoms with Gasteiger partial charge in [-0.15, -0.1) is 0 Å². The van der Waals surface area contributed by atoms with Crippen LogP contribution in [0.3, 0.4) is 0 Å². The van der Waals surface area contributed by atoms with Crippen LogP contribution in [0.4, 0.5) is 0 Å². The van der Waals surface area contributed by atoms with E-state index in [0.29, 0.717) is 6.04 Å². The smallest absolute Gasteiger partial charge is 0.123 e. The minimum Gasteiger partial charge on any atom is -0.496 e. The first kappa shape index (κ1) is 10.2. The molecule has 2 heteroatoms. The van der Waals surface area contributed by atoms with E-state index in [1.165, 1.54) is 43.2 Å². The van der Waals surface area contributed by atoms with Gasteiger partial charge in [0.1, 0.15) is 5.75 Å². The van der Waals surface area contributed by atoms with Gasteiger partial charge in [-0.05, 0) is 55.8 Å². The molecule has 1 N–H and O–H groups in total. The van der Waals surface area contributed by atoms with Crippen LogP contribution >= 0.6 is 0 Å². The van der Waals surface area contributed by atoms with E-state index in [1.807, 2.05) is 0 Å². The highest BCUT2D eigenvalue weighted by atomic mass is 16.5. The summed E-state index contributed by atoms with van der Waals surface area (Å²) in [6.07, 6.45) is 6.31. The van der Waals surface area contributed by atoms with Gasteiger partial charge < -0.3 is 10.1 Å². The zero-order valence-electron chi connectivity index (χ0n) is 9.88. The van der Waals surface area contributed by atoms with E-state index in [0.717, 1.165) is 12.3 Å². The van der Waals surface area contributed by atoms with Crippen molar-refractivity contribution in [1.82, 2.24) is 5.32 Å². The fourth-order valence-electron chi connectivity index (χ4n) is 3.02. The SMILES string of the molecule is COc1cc2c(cc1[C@H]1CCCN1)CCC2. The van der Waals surface area contributed by atoms with Crippen LogP contribution in [0.5, 0.6) is 5.75 Å². The highest BCUT2D eigenvalue weighted by Crippen LogP contribution is 2.36. The summed E-state index contributed by atoms with van der Waals surface area (Å²) in [5.74, 6) is 1.08. The zero-order valence-corrected chi connectivity index (χ0v) is 9.88. The van der Waals surface area contributed by atoms with Crippen molar-refractivity contribution in [2.45, 2.75) is 38.1 Å². The van der Waals surface area contributed by atoms with Crippen LogP contribution in [0.25, 0.3) is 0 Å². The van der Waals surface area contributed by atoms with Gasteiger partial charge in [-0.3, -0.25) is 0 Å². The molecule has 1 heterocycles. The average molecular weight is 217 g/mol. The Morgan fingerprint density at radius 3 is 2.69 bits per heavy atom. The second-order valence-electron chi connectivity index (χ2n) is 4.87. The summed E-state index contributed by atoms with van der Waals surface area (Å²) in [7, 11) is 1.79. The molecule has 1 aromatic carbocycles. The van der Waals surface area contributed by atoms with Crippen molar-refractivity contribution in [3.8, 4) is 5.75 Å². The maximum Gasteiger partial charge on any atom is 0.123 e. The van der Waals surface area contributed by atoms with Crippen molar-refractivity contribution in [3.63, 3.8) is 0 Å². The minimum atomic E-state index is 0.515. The third kappa shape index (κ3) is 1.61. The van der Waals surface area contributed by atoms with Gasteiger partial charge >= 0.3 is 0 Å². The lowest BCUT2D eigenvalue weighted by Crippen LogP contribution is -2.14. The van der Waals surface area contributed by atoms with E-state index >= 15 is 0 Å². The third-order valence-corrected chi connectivity index (χ3v) is 3.88. The van der Waals surface area contributed by atoms with Crippen molar-refractivity contribution in [2.75, 3.05) is 13.7 Å². The highest BCUT2D eigenvalue weighted by molar-refractivity contribution is 5.46. The van der Waals surface area contributed by atoms with E-state index < -0.39 is 0 Å². The Hall–Kier alpha value is -1.02. The van der Waals surface area contributed by atoms with Crippen LogP contribution in [-0.4, -0.2) is 13.7 Å². The van der Waals surface area contributed by atoms with Crippen LogP contribution in [0.15, 0.2) is 12.1 Å². The zero-order chi connectivity index (χ0) is 11.0. The third-order valence-electron chi connectivity index (χ3n) is 3.88. The molecule has 0 unspecified atom stereocenters. The van der Waals surface area contributed by atoms with Gasteiger partial charge in [0.2, 0.25) is 0 Å². The summed E-state index contributed by atoms with van der Waals surface area (Å²) >= 11 is 0. The van der Waals surface area contributed by atoms with Crippen LogP contribution < -0.4 is 10.1 Å². The summed E-state index contributed by atoms with van der Waals surface area (Å²) in [5.41, 5.74) is 4.42. The maximum absolute atomic E-state index is 5.54. The first-order valence-corrected chi connectivity index (χ1v) is 6.31. The number of aryl methyl sites for hydroxylation is 2. The van der Waals surface area contributed by atoms with Crippen LogP contribution in [-0.2, 0) is 12.8 Å². The van der Waals surface area contributed by atoms with Gasteiger partial charge in [-0.25, -0.2) is 0 Å². The van der Waals surface area contributed by atoms with Gasteiger partial charge in [0, 0.05) is 11.6 Å². The fraction of sp³-hybridized carbons (Fsp3) is 0.571. The summed E-state index contributed by atoms with van der Waals surface area (Å²) in [6, 6.07) is 5.16. The predicted molar refractivity (Wildman–Crippen MR) is 65.0 cm³/mol. The van der Waals surface area contributed by atoms with Crippen molar-refractivity contribution in [3.05, 3.63) is 28.8 Å². The average Bonchev–Trinajstić information content (AvgIpc) is 2.97. The Bertz CT molecular complexity index is 394. The van der Waals surface area contributed by atoms with Gasteiger partial charge in [-0.2, -0.15) is 0 Å². The lowest BCUT2D eigenvalue weighted by molar-refractivity contribution is 0.403. The molecule has 3 rings (SSSR count). The summed E-state index contributed by atoms with van der Waals surface area (Å²) in [6.45, 7) is 1.14. The Balaban J connectivity index is 2.01. The quantitative estimate of drug-likeness (QED) is 0.822. The number of fused-ring (bicyclic) bond motifs is 1. The number of hydrogen-bond acceptors (Lipinski definition) is 2. The Labute approximate surface area is 97.0 Å². The summed E-state index contributed by atoms with van der Waals surface area (Å²) in [4.78, 5) is 0. The number of rotatable bonds is 2. The molecule has 0 amide bonds. The summed E-state index contributed by atoms with van der Waals surface area (Å²) < 4.78 is 5.54. The second kappa shape index (κ2) is 4.10. The molecule has 0 radical (unpaired) electrons. The topological polar surface area (TPSA) is 21.3 Å². The lowest BCUT2D eigenvalue weighted by atomic mass is 9.99. The molecule has 0 bridgehead atoms. The van der Waals surface area contributed by atoms with E-state index in [4.69, 9.17) is 4.74 Å². The predicted octanol–water partition coefficient (Wildman–Crippen LogP) is 2.61. The van der Waals surface area contributed by atoms with Crippen molar-refractivity contribution in [1.29, 1.82) is 0 Å². The van der Waals surface area contributed by atoms with Gasteiger partial charge in [0.05, 0.1) is 7.11 Å². The normalized spacial score (nSPS) is 23.4. The number of benzene rings is 1. The molecule has 1 saturated heterocycles. The first-order valence-electron chi connectivity index (χ1n) is 6.31. The molecule has 1 aliphatic heterocycles. The van der Waals surface area contributed by atoms with Gasteiger partial charge in [-0.1, -0.05) is 6.07 Å². The van der Waals surface area contributed by atoms with E-state index in [9.17, 15) is 0 Å². The molecule has 2 aliphatic rings. The van der Waals surface area contributed by atoms with E-state index in [2.05, 4.69) is 17.4 Å². The molecule has 1 aromatic rings. The second-order valence-corrected chi connectivity index (χ2v) is 4.87. The Morgan fingerprint density at radius 1 is 1.19 bits per heavy atom. The lowest BCUT2D eigenvalue weighted by Gasteiger charge is -2.17. The van der Waals surface area contributed by atoms with E-state index in [1.54, 1.807) is 12.7 Å². The Morgan fingerprint density at radius 2 is 2.00 bits per heavy atom. The maximum atomic E-state index is 5.54. The summed E-state index contributed by atoms with van der Waals surface area (Å²) in [5, 5.41) is 3.56. The molecule has 16 heavy (non-hydrogen) atoms. The first-order chi connectivity index (χ1) is 7.88. The largest absolute Gasteiger partial charge is 0.496 e. The monoisotopic (exact) mass is 217 g/mol. The van der Waals surface area contributed by atoms with Crippen LogP contribution in [0, 0.1) is 0 Å².